The van der Waals surface area contributed by atoms with Gasteiger partial charge in [0.2, 0.25) is 5.91 Å². The molecule has 1 saturated heterocycles. The maximum atomic E-state index is 13.1. The molecule has 4 nitrogen and oxygen atoms in total. The van der Waals surface area contributed by atoms with E-state index in [2.05, 4.69) is 34.5 Å². The van der Waals surface area contributed by atoms with Crippen molar-refractivity contribution >= 4 is 5.91 Å². The van der Waals surface area contributed by atoms with E-state index >= 15 is 0 Å². The number of benzene rings is 1. The molecule has 27 heavy (non-hydrogen) atoms. The summed E-state index contributed by atoms with van der Waals surface area (Å²) < 4.78 is 5.96. The van der Waals surface area contributed by atoms with Crippen molar-refractivity contribution in [1.29, 1.82) is 0 Å². The molecular formula is C23H32N2O2. The molecule has 1 aliphatic heterocycles. The molecule has 1 atom stereocenters. The summed E-state index contributed by atoms with van der Waals surface area (Å²) in [6.07, 6.45) is 7.78. The van der Waals surface area contributed by atoms with Crippen LogP contribution in [0.25, 0.3) is 0 Å². The molecule has 0 spiro atoms. The highest BCUT2D eigenvalue weighted by Gasteiger charge is 2.54. The van der Waals surface area contributed by atoms with E-state index in [0.717, 1.165) is 69.8 Å². The summed E-state index contributed by atoms with van der Waals surface area (Å²) in [5.41, 5.74) is 1.23. The van der Waals surface area contributed by atoms with Gasteiger partial charge in [0.05, 0.1) is 12.7 Å². The van der Waals surface area contributed by atoms with Crippen molar-refractivity contribution in [3.05, 3.63) is 35.9 Å². The maximum Gasteiger partial charge on any atom is 0.226 e. The van der Waals surface area contributed by atoms with Gasteiger partial charge in [-0.25, -0.2) is 0 Å². The zero-order valence-electron chi connectivity index (χ0n) is 16.2. The van der Waals surface area contributed by atoms with Crippen LogP contribution >= 0.6 is 0 Å². The van der Waals surface area contributed by atoms with Crippen molar-refractivity contribution in [3.8, 4) is 0 Å². The molecule has 4 aliphatic carbocycles. The number of morpholine rings is 1. The van der Waals surface area contributed by atoms with Crippen LogP contribution in [0.5, 0.6) is 0 Å². The smallest absolute Gasteiger partial charge is 0.226 e. The Morgan fingerprint density at radius 2 is 1.74 bits per heavy atom. The first kappa shape index (κ1) is 17.7. The zero-order valence-corrected chi connectivity index (χ0v) is 16.2. The van der Waals surface area contributed by atoms with E-state index in [0.29, 0.717) is 5.91 Å². The highest BCUT2D eigenvalue weighted by Crippen LogP contribution is 2.60. The SMILES string of the molecule is O=C(NCCN1CCO[C@H](c2ccccc2)C1)C12CC3CC(CC(C3)C1)C2. The number of hydrogen-bond donors (Lipinski definition) is 1. The van der Waals surface area contributed by atoms with E-state index in [1.807, 2.05) is 6.07 Å². The van der Waals surface area contributed by atoms with Gasteiger partial charge < -0.3 is 10.1 Å². The second kappa shape index (κ2) is 7.21. The third-order valence-corrected chi connectivity index (χ3v) is 7.56. The third kappa shape index (κ3) is 3.54. The molecule has 0 unspecified atom stereocenters. The molecule has 0 radical (unpaired) electrons. The van der Waals surface area contributed by atoms with Gasteiger partial charge >= 0.3 is 0 Å². The molecule has 5 fully saturated rings. The molecule has 1 N–H and O–H groups in total. The Hall–Kier alpha value is -1.39. The minimum Gasteiger partial charge on any atom is -0.371 e. The average molecular weight is 369 g/mol. The summed E-state index contributed by atoms with van der Waals surface area (Å²) in [6, 6.07) is 10.5. The molecule has 6 rings (SSSR count). The number of amides is 1. The Labute approximate surface area is 162 Å². The van der Waals surface area contributed by atoms with Crippen molar-refractivity contribution in [3.63, 3.8) is 0 Å². The van der Waals surface area contributed by atoms with E-state index in [-0.39, 0.29) is 11.5 Å². The van der Waals surface area contributed by atoms with Crippen LogP contribution in [0.2, 0.25) is 0 Å². The Morgan fingerprint density at radius 1 is 1.07 bits per heavy atom. The van der Waals surface area contributed by atoms with E-state index in [4.69, 9.17) is 4.74 Å². The standard InChI is InChI=1S/C23H32N2O2/c26-22(23-13-17-10-18(14-23)12-19(11-17)15-23)24-6-7-25-8-9-27-21(16-25)20-4-2-1-3-5-20/h1-5,17-19,21H,6-16H2,(H,24,26)/t17?,18?,19?,21-,23?/m0/s1. The van der Waals surface area contributed by atoms with Gasteiger partial charge in [-0.15, -0.1) is 0 Å². The maximum absolute atomic E-state index is 13.1. The summed E-state index contributed by atoms with van der Waals surface area (Å²) in [6.45, 7) is 4.32. The van der Waals surface area contributed by atoms with Gasteiger partial charge in [-0.3, -0.25) is 9.69 Å². The van der Waals surface area contributed by atoms with E-state index in [9.17, 15) is 4.79 Å². The normalized spacial score (nSPS) is 38.1. The number of hydrogen-bond acceptors (Lipinski definition) is 3. The second-order valence-corrected chi connectivity index (χ2v) is 9.52. The molecule has 1 aromatic carbocycles. The number of nitrogens with zero attached hydrogens (tertiary/aromatic N) is 1. The topological polar surface area (TPSA) is 41.6 Å². The number of rotatable bonds is 5. The zero-order chi connectivity index (χ0) is 18.3. The lowest BCUT2D eigenvalue weighted by Gasteiger charge is -2.55. The molecule has 0 aromatic heterocycles. The lowest BCUT2D eigenvalue weighted by molar-refractivity contribution is -0.146. The van der Waals surface area contributed by atoms with Crippen LogP contribution in [0, 0.1) is 23.2 Å². The van der Waals surface area contributed by atoms with Crippen molar-refractivity contribution in [2.75, 3.05) is 32.8 Å². The summed E-state index contributed by atoms with van der Waals surface area (Å²) in [7, 11) is 0. The van der Waals surface area contributed by atoms with Gasteiger partial charge in [-0.2, -0.15) is 0 Å². The van der Waals surface area contributed by atoms with E-state index in [1.165, 1.54) is 24.8 Å². The Balaban J connectivity index is 1.13. The lowest BCUT2D eigenvalue weighted by atomic mass is 9.49. The van der Waals surface area contributed by atoms with Crippen molar-refractivity contribution < 1.29 is 9.53 Å². The van der Waals surface area contributed by atoms with Crippen LogP contribution in [0.15, 0.2) is 30.3 Å². The monoisotopic (exact) mass is 368 g/mol. The number of carbonyl (C=O) groups is 1. The minimum atomic E-state index is -0.0215. The molecule has 4 bridgehead atoms. The number of nitrogens with one attached hydrogen (secondary N) is 1. The largest absolute Gasteiger partial charge is 0.371 e. The Morgan fingerprint density at radius 3 is 2.41 bits per heavy atom. The number of ether oxygens (including phenoxy) is 1. The van der Waals surface area contributed by atoms with Crippen LogP contribution < -0.4 is 5.32 Å². The summed E-state index contributed by atoms with van der Waals surface area (Å²) in [4.78, 5) is 15.5. The Bertz CT molecular complexity index is 639. The molecular weight excluding hydrogens is 336 g/mol. The first-order valence-corrected chi connectivity index (χ1v) is 10.9. The highest BCUT2D eigenvalue weighted by atomic mass is 16.5. The first-order valence-electron chi connectivity index (χ1n) is 10.9. The van der Waals surface area contributed by atoms with Gasteiger partial charge in [-0.05, 0) is 61.8 Å². The number of carbonyl (C=O) groups excluding carboxylic acids is 1. The fourth-order valence-corrected chi connectivity index (χ4v) is 6.68. The molecule has 1 aromatic rings. The molecule has 4 heteroatoms. The average Bonchev–Trinajstić information content (AvgIpc) is 2.68. The van der Waals surface area contributed by atoms with Gasteiger partial charge in [0.25, 0.3) is 0 Å². The summed E-state index contributed by atoms with van der Waals surface area (Å²) in [5, 5.41) is 3.32. The summed E-state index contributed by atoms with van der Waals surface area (Å²) in [5.74, 6) is 2.84. The van der Waals surface area contributed by atoms with Crippen LogP contribution in [0.3, 0.4) is 0 Å². The van der Waals surface area contributed by atoms with Gasteiger partial charge in [0.1, 0.15) is 0 Å². The fraction of sp³-hybridized carbons (Fsp3) is 0.696. The molecule has 1 amide bonds. The molecule has 1 heterocycles. The van der Waals surface area contributed by atoms with Crippen LogP contribution in [-0.2, 0) is 9.53 Å². The van der Waals surface area contributed by atoms with Gasteiger partial charge in [-0.1, -0.05) is 30.3 Å². The fourth-order valence-electron chi connectivity index (χ4n) is 6.68. The van der Waals surface area contributed by atoms with E-state index < -0.39 is 0 Å². The van der Waals surface area contributed by atoms with Crippen molar-refractivity contribution in [2.24, 2.45) is 23.2 Å². The quantitative estimate of drug-likeness (QED) is 0.866. The van der Waals surface area contributed by atoms with Gasteiger partial charge in [0.15, 0.2) is 0 Å². The molecule has 5 aliphatic rings. The van der Waals surface area contributed by atoms with E-state index in [1.54, 1.807) is 0 Å². The summed E-state index contributed by atoms with van der Waals surface area (Å²) >= 11 is 0. The first-order chi connectivity index (χ1) is 13.2. The molecule has 4 saturated carbocycles. The van der Waals surface area contributed by atoms with Crippen molar-refractivity contribution in [1.82, 2.24) is 10.2 Å². The highest BCUT2D eigenvalue weighted by molar-refractivity contribution is 5.83. The molecule has 146 valence electrons. The third-order valence-electron chi connectivity index (χ3n) is 7.56. The van der Waals surface area contributed by atoms with Gasteiger partial charge in [0, 0.05) is 31.6 Å². The Kier molecular flexibility index (Phi) is 4.73. The lowest BCUT2D eigenvalue weighted by Crippen LogP contribution is -2.54. The predicted molar refractivity (Wildman–Crippen MR) is 105 cm³/mol. The van der Waals surface area contributed by atoms with Crippen LogP contribution in [0.1, 0.15) is 50.2 Å². The predicted octanol–water partition coefficient (Wildman–Crippen LogP) is 3.39. The van der Waals surface area contributed by atoms with Crippen LogP contribution in [-0.4, -0.2) is 43.6 Å². The second-order valence-electron chi connectivity index (χ2n) is 9.52. The van der Waals surface area contributed by atoms with Crippen molar-refractivity contribution in [2.45, 2.75) is 44.6 Å². The van der Waals surface area contributed by atoms with Crippen LogP contribution in [0.4, 0.5) is 0 Å². The minimum absolute atomic E-state index is 0.0215.